The van der Waals surface area contributed by atoms with Gasteiger partial charge in [0.25, 0.3) is 0 Å². The Morgan fingerprint density at radius 3 is 2.55 bits per heavy atom. The minimum absolute atomic E-state index is 0.0421. The van der Waals surface area contributed by atoms with Gasteiger partial charge in [0.15, 0.2) is 0 Å². The zero-order valence-corrected chi connectivity index (χ0v) is 13.9. The average Bonchev–Trinajstić information content (AvgIpc) is 2.38. The second-order valence-electron chi connectivity index (χ2n) is 5.50. The van der Waals surface area contributed by atoms with Crippen LogP contribution in [0, 0.1) is 5.92 Å². The van der Waals surface area contributed by atoms with Gasteiger partial charge < -0.3 is 10.1 Å². The van der Waals surface area contributed by atoms with Crippen LogP contribution < -0.4 is 10.1 Å². The number of hydrogen-bond donors (Lipinski definition) is 1. The molecule has 1 fully saturated rings. The summed E-state index contributed by atoms with van der Waals surface area (Å²) >= 11 is 0. The highest BCUT2D eigenvalue weighted by Gasteiger charge is 2.27. The van der Waals surface area contributed by atoms with Gasteiger partial charge in [-0.2, -0.15) is 0 Å². The normalized spacial score (nSPS) is 15.5. The molecule has 0 radical (unpaired) electrons. The van der Waals surface area contributed by atoms with Crippen molar-refractivity contribution in [3.63, 3.8) is 0 Å². The maximum absolute atomic E-state index is 12.4. The third-order valence-corrected chi connectivity index (χ3v) is 5.58. The van der Waals surface area contributed by atoms with Crippen molar-refractivity contribution in [3.8, 4) is 5.75 Å². The molecule has 7 heteroatoms. The number of nitrogens with one attached hydrogen (secondary N) is 1. The van der Waals surface area contributed by atoms with E-state index < -0.39 is 10.0 Å². The molecule has 6 nitrogen and oxygen atoms in total. The van der Waals surface area contributed by atoms with Crippen molar-refractivity contribution in [3.05, 3.63) is 18.2 Å². The first-order valence-electron chi connectivity index (χ1n) is 7.36. The van der Waals surface area contributed by atoms with E-state index >= 15 is 0 Å². The molecule has 1 aromatic carbocycles. The number of rotatable bonds is 6. The van der Waals surface area contributed by atoms with Crippen LogP contribution in [0.2, 0.25) is 0 Å². The van der Waals surface area contributed by atoms with Crippen LogP contribution in [0.4, 0.5) is 5.69 Å². The van der Waals surface area contributed by atoms with Gasteiger partial charge >= 0.3 is 0 Å². The van der Waals surface area contributed by atoms with Crippen molar-refractivity contribution in [1.29, 1.82) is 0 Å². The second kappa shape index (κ2) is 6.66. The maximum Gasteiger partial charge on any atom is 0.246 e. The van der Waals surface area contributed by atoms with E-state index in [4.69, 9.17) is 4.74 Å². The molecule has 0 aliphatic heterocycles. The quantitative estimate of drug-likeness (QED) is 0.868. The summed E-state index contributed by atoms with van der Waals surface area (Å²) in [5, 5.41) is 2.79. The largest absolute Gasteiger partial charge is 0.492 e. The number of benzene rings is 1. The molecule has 1 N–H and O–H groups in total. The Hall–Kier alpha value is -1.60. The van der Waals surface area contributed by atoms with Crippen LogP contribution in [-0.4, -0.2) is 39.3 Å². The van der Waals surface area contributed by atoms with Crippen LogP contribution in [0.1, 0.15) is 26.2 Å². The van der Waals surface area contributed by atoms with E-state index in [1.54, 1.807) is 19.1 Å². The van der Waals surface area contributed by atoms with Gasteiger partial charge in [-0.1, -0.05) is 6.42 Å². The van der Waals surface area contributed by atoms with Crippen LogP contribution in [0.3, 0.4) is 0 Å². The van der Waals surface area contributed by atoms with E-state index in [1.165, 1.54) is 20.2 Å². The number of anilines is 1. The summed E-state index contributed by atoms with van der Waals surface area (Å²) < 4.78 is 31.3. The molecule has 0 saturated heterocycles. The summed E-state index contributed by atoms with van der Waals surface area (Å²) in [6.45, 7) is 2.15. The Balaban J connectivity index is 2.32. The highest BCUT2D eigenvalue weighted by molar-refractivity contribution is 7.89. The molecule has 0 aromatic heterocycles. The van der Waals surface area contributed by atoms with Crippen molar-refractivity contribution < 1.29 is 17.9 Å². The second-order valence-corrected chi connectivity index (χ2v) is 7.62. The van der Waals surface area contributed by atoms with Gasteiger partial charge in [0, 0.05) is 25.7 Å². The lowest BCUT2D eigenvalue weighted by Gasteiger charge is -2.24. The number of amides is 1. The Morgan fingerprint density at radius 2 is 2.05 bits per heavy atom. The lowest BCUT2D eigenvalue weighted by molar-refractivity contribution is -0.122. The van der Waals surface area contributed by atoms with Gasteiger partial charge in [-0.3, -0.25) is 4.79 Å². The summed E-state index contributed by atoms with van der Waals surface area (Å²) in [5.74, 6) is 0.280. The minimum atomic E-state index is -3.64. The van der Waals surface area contributed by atoms with Crippen molar-refractivity contribution in [2.45, 2.75) is 31.1 Å². The van der Waals surface area contributed by atoms with Crippen LogP contribution in [-0.2, 0) is 14.8 Å². The summed E-state index contributed by atoms with van der Waals surface area (Å²) in [5.41, 5.74) is 0.473. The van der Waals surface area contributed by atoms with E-state index in [1.807, 2.05) is 0 Å². The Bertz CT molecular complexity index is 652. The minimum Gasteiger partial charge on any atom is -0.492 e. The van der Waals surface area contributed by atoms with Crippen molar-refractivity contribution in [2.24, 2.45) is 5.92 Å². The smallest absolute Gasteiger partial charge is 0.246 e. The van der Waals surface area contributed by atoms with E-state index in [0.717, 1.165) is 23.6 Å². The molecule has 1 saturated carbocycles. The lowest BCUT2D eigenvalue weighted by atomic mass is 9.85. The van der Waals surface area contributed by atoms with Gasteiger partial charge in [0.2, 0.25) is 15.9 Å². The van der Waals surface area contributed by atoms with Crippen LogP contribution in [0.5, 0.6) is 5.75 Å². The molecular formula is C15H22N2O4S. The zero-order valence-electron chi connectivity index (χ0n) is 13.1. The molecule has 122 valence electrons. The topological polar surface area (TPSA) is 75.7 Å². The molecule has 2 rings (SSSR count). The number of sulfonamides is 1. The predicted octanol–water partition coefficient (Wildman–Crippen LogP) is 2.07. The zero-order chi connectivity index (χ0) is 16.3. The van der Waals surface area contributed by atoms with Crippen LogP contribution in [0.25, 0.3) is 0 Å². The van der Waals surface area contributed by atoms with Crippen molar-refractivity contribution in [2.75, 3.05) is 26.0 Å². The number of ether oxygens (including phenoxy) is 1. The molecule has 1 aromatic rings. The molecule has 0 bridgehead atoms. The summed E-state index contributed by atoms with van der Waals surface area (Å²) in [7, 11) is -0.717. The number of nitrogens with zero attached hydrogens (tertiary/aromatic N) is 1. The number of hydrogen-bond acceptors (Lipinski definition) is 4. The number of carbonyl (C=O) groups is 1. The van der Waals surface area contributed by atoms with Gasteiger partial charge in [-0.15, -0.1) is 0 Å². The monoisotopic (exact) mass is 326 g/mol. The molecule has 0 heterocycles. The SMILES string of the molecule is CCOc1ccc(NC(=O)C2CCC2)cc1S(=O)(=O)N(C)C. The third kappa shape index (κ3) is 3.41. The number of carbonyl (C=O) groups excluding carboxylic acids is 1. The van der Waals surface area contributed by atoms with Gasteiger partial charge in [-0.25, -0.2) is 12.7 Å². The third-order valence-electron chi connectivity index (χ3n) is 3.75. The average molecular weight is 326 g/mol. The van der Waals surface area contributed by atoms with Gasteiger partial charge in [-0.05, 0) is 38.0 Å². The van der Waals surface area contributed by atoms with E-state index in [2.05, 4.69) is 5.32 Å². The van der Waals surface area contributed by atoms with Crippen molar-refractivity contribution >= 4 is 21.6 Å². The first-order chi connectivity index (χ1) is 10.4. The molecule has 1 amide bonds. The summed E-state index contributed by atoms with van der Waals surface area (Å²) in [4.78, 5) is 12.1. The molecule has 0 unspecified atom stereocenters. The highest BCUT2D eigenvalue weighted by Crippen LogP contribution is 2.31. The van der Waals surface area contributed by atoms with Crippen molar-refractivity contribution in [1.82, 2.24) is 4.31 Å². The molecule has 1 aliphatic carbocycles. The molecular weight excluding hydrogens is 304 g/mol. The Labute approximate surface area is 131 Å². The van der Waals surface area contributed by atoms with Gasteiger partial charge in [0.05, 0.1) is 6.61 Å². The fourth-order valence-electron chi connectivity index (χ4n) is 2.17. The van der Waals surface area contributed by atoms with Gasteiger partial charge in [0.1, 0.15) is 10.6 Å². The van der Waals surface area contributed by atoms with Crippen LogP contribution in [0.15, 0.2) is 23.1 Å². The molecule has 22 heavy (non-hydrogen) atoms. The molecule has 1 aliphatic rings. The maximum atomic E-state index is 12.4. The fraction of sp³-hybridized carbons (Fsp3) is 0.533. The fourth-order valence-corrected chi connectivity index (χ4v) is 3.22. The van der Waals surface area contributed by atoms with E-state index in [9.17, 15) is 13.2 Å². The Kier molecular flexibility index (Phi) is 5.08. The lowest BCUT2D eigenvalue weighted by Crippen LogP contribution is -2.28. The van der Waals surface area contributed by atoms with E-state index in [0.29, 0.717) is 12.3 Å². The van der Waals surface area contributed by atoms with E-state index in [-0.39, 0.29) is 22.5 Å². The van der Waals surface area contributed by atoms with Crippen LogP contribution >= 0.6 is 0 Å². The predicted molar refractivity (Wildman–Crippen MR) is 84.5 cm³/mol. The summed E-state index contributed by atoms with van der Waals surface area (Å²) in [6, 6.07) is 4.70. The first kappa shape index (κ1) is 16.8. The standard InChI is InChI=1S/C15H22N2O4S/c1-4-21-13-9-8-12(16-15(18)11-6-5-7-11)10-14(13)22(19,20)17(2)3/h8-11H,4-7H2,1-3H3,(H,16,18). The molecule has 0 atom stereocenters. The molecule has 0 spiro atoms. The Morgan fingerprint density at radius 1 is 1.36 bits per heavy atom. The highest BCUT2D eigenvalue weighted by atomic mass is 32.2. The summed E-state index contributed by atoms with van der Waals surface area (Å²) in [6.07, 6.45) is 2.86. The first-order valence-corrected chi connectivity index (χ1v) is 8.80.